The molecule has 2 aliphatic rings. The van der Waals surface area contributed by atoms with E-state index >= 15 is 0 Å². The fourth-order valence-electron chi connectivity index (χ4n) is 3.92. The lowest BCUT2D eigenvalue weighted by Gasteiger charge is -2.34. The van der Waals surface area contributed by atoms with Crippen molar-refractivity contribution in [3.8, 4) is 0 Å². The molecule has 1 heteroatoms. The molecule has 1 aromatic carbocycles. The van der Waals surface area contributed by atoms with E-state index in [1.54, 1.807) is 5.56 Å². The van der Waals surface area contributed by atoms with E-state index < -0.39 is 0 Å². The van der Waals surface area contributed by atoms with Gasteiger partial charge in [-0.25, -0.2) is 0 Å². The van der Waals surface area contributed by atoms with Crippen molar-refractivity contribution in [1.29, 1.82) is 0 Å². The summed E-state index contributed by atoms with van der Waals surface area (Å²) in [5.74, 6) is 1.69. The highest BCUT2D eigenvalue weighted by atomic mass is 15.0. The second-order valence-corrected chi connectivity index (χ2v) is 6.11. The normalized spacial score (nSPS) is 36.1. The quantitative estimate of drug-likeness (QED) is 0.842. The van der Waals surface area contributed by atoms with Gasteiger partial charge in [-0.2, -0.15) is 0 Å². The fraction of sp³-hybridized carbons (Fsp3) is 0.647. The molecule has 1 aliphatic heterocycles. The standard InChI is InChI=1S/C17H25N/c1-2-17(11-7-4-8-12-18-17)16-13-15(16)14-9-5-3-6-10-14/h3,5-6,9-10,15-16,18H,2,4,7-8,11-13H2,1H3. The minimum absolute atomic E-state index is 0.441. The summed E-state index contributed by atoms with van der Waals surface area (Å²) in [5.41, 5.74) is 2.00. The predicted molar refractivity (Wildman–Crippen MR) is 76.8 cm³/mol. The first-order chi connectivity index (χ1) is 8.86. The summed E-state index contributed by atoms with van der Waals surface area (Å²) in [4.78, 5) is 0. The van der Waals surface area contributed by atoms with Gasteiger partial charge in [0.25, 0.3) is 0 Å². The van der Waals surface area contributed by atoms with Gasteiger partial charge in [0.05, 0.1) is 0 Å². The monoisotopic (exact) mass is 243 g/mol. The maximum Gasteiger partial charge on any atom is 0.0213 e. The van der Waals surface area contributed by atoms with Crippen LogP contribution in [-0.4, -0.2) is 12.1 Å². The zero-order chi connectivity index (χ0) is 12.4. The van der Waals surface area contributed by atoms with Crippen LogP contribution in [0.1, 0.15) is 56.9 Å². The summed E-state index contributed by atoms with van der Waals surface area (Å²) in [6, 6.07) is 11.1. The van der Waals surface area contributed by atoms with Crippen molar-refractivity contribution in [3.63, 3.8) is 0 Å². The van der Waals surface area contributed by atoms with Gasteiger partial charge < -0.3 is 5.32 Å². The minimum Gasteiger partial charge on any atom is -0.311 e. The van der Waals surface area contributed by atoms with E-state index in [0.717, 1.165) is 11.8 Å². The summed E-state index contributed by atoms with van der Waals surface area (Å²) < 4.78 is 0. The second-order valence-electron chi connectivity index (χ2n) is 6.11. The van der Waals surface area contributed by atoms with Crippen molar-refractivity contribution in [2.45, 2.75) is 56.9 Å². The molecule has 1 heterocycles. The Balaban J connectivity index is 1.74. The van der Waals surface area contributed by atoms with Crippen LogP contribution in [0.2, 0.25) is 0 Å². The molecule has 3 rings (SSSR count). The molecule has 0 spiro atoms. The molecule has 1 saturated carbocycles. The van der Waals surface area contributed by atoms with E-state index in [9.17, 15) is 0 Å². The van der Waals surface area contributed by atoms with Gasteiger partial charge in [0.2, 0.25) is 0 Å². The molecule has 3 atom stereocenters. The van der Waals surface area contributed by atoms with Crippen molar-refractivity contribution in [2.75, 3.05) is 6.54 Å². The van der Waals surface area contributed by atoms with E-state index in [4.69, 9.17) is 0 Å². The van der Waals surface area contributed by atoms with E-state index in [2.05, 4.69) is 42.6 Å². The largest absolute Gasteiger partial charge is 0.311 e. The van der Waals surface area contributed by atoms with Crippen molar-refractivity contribution < 1.29 is 0 Å². The lowest BCUT2D eigenvalue weighted by Crippen LogP contribution is -2.46. The fourth-order valence-corrected chi connectivity index (χ4v) is 3.92. The highest BCUT2D eigenvalue weighted by Gasteiger charge is 2.51. The third kappa shape index (κ3) is 2.21. The van der Waals surface area contributed by atoms with Gasteiger partial charge in [-0.15, -0.1) is 0 Å². The molecule has 1 aromatic rings. The Morgan fingerprint density at radius 1 is 1.17 bits per heavy atom. The number of benzene rings is 1. The molecular formula is C17H25N. The molecule has 1 N–H and O–H groups in total. The molecule has 3 unspecified atom stereocenters. The Morgan fingerprint density at radius 2 is 2.00 bits per heavy atom. The number of nitrogens with one attached hydrogen (secondary N) is 1. The molecule has 1 aliphatic carbocycles. The third-order valence-electron chi connectivity index (χ3n) is 5.14. The van der Waals surface area contributed by atoms with Crippen LogP contribution in [-0.2, 0) is 0 Å². The predicted octanol–water partition coefficient (Wildman–Crippen LogP) is 4.10. The molecule has 0 amide bonds. The molecule has 0 aromatic heterocycles. The van der Waals surface area contributed by atoms with Crippen LogP contribution in [0.4, 0.5) is 0 Å². The summed E-state index contributed by atoms with van der Waals surface area (Å²) >= 11 is 0. The number of hydrogen-bond donors (Lipinski definition) is 1. The Bertz CT molecular complexity index is 376. The summed E-state index contributed by atoms with van der Waals surface area (Å²) in [5, 5.41) is 3.91. The third-order valence-corrected chi connectivity index (χ3v) is 5.14. The number of hydrogen-bond acceptors (Lipinski definition) is 1. The molecule has 1 saturated heterocycles. The maximum atomic E-state index is 3.91. The van der Waals surface area contributed by atoms with E-state index in [1.165, 1.54) is 45.1 Å². The topological polar surface area (TPSA) is 12.0 Å². The van der Waals surface area contributed by atoms with Crippen LogP contribution in [0.5, 0.6) is 0 Å². The zero-order valence-electron chi connectivity index (χ0n) is 11.5. The van der Waals surface area contributed by atoms with Gasteiger partial charge in [-0.05, 0) is 49.6 Å². The van der Waals surface area contributed by atoms with Gasteiger partial charge in [0.1, 0.15) is 0 Å². The number of rotatable bonds is 3. The molecule has 0 bridgehead atoms. The van der Waals surface area contributed by atoms with Gasteiger partial charge >= 0.3 is 0 Å². The smallest absolute Gasteiger partial charge is 0.0213 e. The Kier molecular flexibility index (Phi) is 3.43. The molecule has 2 fully saturated rings. The van der Waals surface area contributed by atoms with Crippen LogP contribution in [0.3, 0.4) is 0 Å². The van der Waals surface area contributed by atoms with Gasteiger partial charge in [-0.1, -0.05) is 50.1 Å². The van der Waals surface area contributed by atoms with E-state index in [1.807, 2.05) is 0 Å². The van der Waals surface area contributed by atoms with E-state index in [-0.39, 0.29) is 0 Å². The summed E-state index contributed by atoms with van der Waals surface area (Å²) in [7, 11) is 0. The molecule has 1 nitrogen and oxygen atoms in total. The first-order valence-corrected chi connectivity index (χ1v) is 7.66. The van der Waals surface area contributed by atoms with E-state index in [0.29, 0.717) is 5.54 Å². The van der Waals surface area contributed by atoms with Crippen LogP contribution in [0.25, 0.3) is 0 Å². The van der Waals surface area contributed by atoms with Crippen molar-refractivity contribution in [3.05, 3.63) is 35.9 Å². The Morgan fingerprint density at radius 3 is 2.78 bits per heavy atom. The molecule has 18 heavy (non-hydrogen) atoms. The molecule has 0 radical (unpaired) electrons. The SMILES string of the molecule is CCC1(C2CC2c2ccccc2)CCCCCN1. The Labute approximate surface area is 111 Å². The van der Waals surface area contributed by atoms with Crippen LogP contribution >= 0.6 is 0 Å². The van der Waals surface area contributed by atoms with Gasteiger partial charge in [0, 0.05) is 5.54 Å². The van der Waals surface area contributed by atoms with Crippen LogP contribution in [0, 0.1) is 5.92 Å². The average molecular weight is 243 g/mol. The average Bonchev–Trinajstić information content (AvgIpc) is 3.24. The van der Waals surface area contributed by atoms with Crippen LogP contribution < -0.4 is 5.32 Å². The van der Waals surface area contributed by atoms with Crippen molar-refractivity contribution >= 4 is 0 Å². The van der Waals surface area contributed by atoms with Gasteiger partial charge in [-0.3, -0.25) is 0 Å². The first kappa shape index (κ1) is 12.2. The maximum absolute atomic E-state index is 3.91. The lowest BCUT2D eigenvalue weighted by molar-refractivity contribution is 0.259. The lowest BCUT2D eigenvalue weighted by atomic mass is 9.83. The first-order valence-electron chi connectivity index (χ1n) is 7.66. The zero-order valence-corrected chi connectivity index (χ0v) is 11.5. The van der Waals surface area contributed by atoms with Crippen LogP contribution in [0.15, 0.2) is 30.3 Å². The highest BCUT2D eigenvalue weighted by molar-refractivity contribution is 5.28. The summed E-state index contributed by atoms with van der Waals surface area (Å²) in [6.45, 7) is 3.60. The Hall–Kier alpha value is -0.820. The van der Waals surface area contributed by atoms with Crippen molar-refractivity contribution in [1.82, 2.24) is 5.32 Å². The molecular weight excluding hydrogens is 218 g/mol. The highest BCUT2D eigenvalue weighted by Crippen LogP contribution is 2.56. The summed E-state index contributed by atoms with van der Waals surface area (Å²) in [6.07, 6.45) is 8.27. The second kappa shape index (κ2) is 5.05. The van der Waals surface area contributed by atoms with Gasteiger partial charge in [0.15, 0.2) is 0 Å². The van der Waals surface area contributed by atoms with Crippen molar-refractivity contribution in [2.24, 2.45) is 5.92 Å². The minimum atomic E-state index is 0.441. The molecule has 98 valence electrons.